The molecule has 3 rings (SSSR count). The van der Waals surface area contributed by atoms with Gasteiger partial charge in [-0.05, 0) is 35.9 Å². The molecule has 2 N–H and O–H groups in total. The summed E-state index contributed by atoms with van der Waals surface area (Å²) < 4.78 is 0. The molecule has 0 fully saturated rings. The molecule has 0 spiro atoms. The van der Waals surface area contributed by atoms with Gasteiger partial charge in [-0.25, -0.2) is 0 Å². The second-order valence-corrected chi connectivity index (χ2v) is 5.86. The standard InChI is InChI=1S/C17H12Cl2N2O2/c18-11-3-1-10(2-4-11)8-21-17(23)14-9-20-15-6-5-12(19)7-13(15)16(14)22/h1-7,9H,8H2,(H,20,22)(H,21,23). The number of fused-ring (bicyclic) bond motifs is 1. The van der Waals surface area contributed by atoms with Gasteiger partial charge in [-0.1, -0.05) is 35.3 Å². The number of nitrogens with zero attached hydrogens (tertiary/aromatic N) is 1. The van der Waals surface area contributed by atoms with Crippen molar-refractivity contribution in [1.29, 1.82) is 0 Å². The quantitative estimate of drug-likeness (QED) is 0.747. The third-order valence-electron chi connectivity index (χ3n) is 3.41. The molecule has 0 saturated heterocycles. The maximum absolute atomic E-state index is 12.3. The normalized spacial score (nSPS) is 10.7. The average Bonchev–Trinajstić information content (AvgIpc) is 2.55. The summed E-state index contributed by atoms with van der Waals surface area (Å²) in [6, 6.07) is 12.1. The van der Waals surface area contributed by atoms with E-state index in [2.05, 4.69) is 10.3 Å². The number of nitrogens with one attached hydrogen (secondary N) is 1. The molecule has 23 heavy (non-hydrogen) atoms. The molecule has 6 heteroatoms. The van der Waals surface area contributed by atoms with Crippen LogP contribution in [0.1, 0.15) is 15.9 Å². The number of carbonyl (C=O) groups excluding carboxylic acids is 1. The Morgan fingerprint density at radius 3 is 2.52 bits per heavy atom. The molecule has 0 saturated carbocycles. The van der Waals surface area contributed by atoms with Gasteiger partial charge in [0.15, 0.2) is 0 Å². The molecule has 1 heterocycles. The molecule has 0 aliphatic rings. The number of pyridine rings is 1. The summed E-state index contributed by atoms with van der Waals surface area (Å²) >= 11 is 11.7. The van der Waals surface area contributed by atoms with Gasteiger partial charge < -0.3 is 10.4 Å². The van der Waals surface area contributed by atoms with Crippen LogP contribution in [-0.4, -0.2) is 16.0 Å². The lowest BCUT2D eigenvalue weighted by atomic mass is 10.1. The van der Waals surface area contributed by atoms with E-state index in [4.69, 9.17) is 23.2 Å². The van der Waals surface area contributed by atoms with Gasteiger partial charge >= 0.3 is 0 Å². The first kappa shape index (κ1) is 15.6. The van der Waals surface area contributed by atoms with Crippen molar-refractivity contribution in [3.05, 3.63) is 69.8 Å². The molecule has 0 aliphatic heterocycles. The predicted octanol–water partition coefficient (Wildman–Crippen LogP) is 4.18. The molecule has 0 aliphatic carbocycles. The molecule has 0 bridgehead atoms. The molecule has 0 atom stereocenters. The van der Waals surface area contributed by atoms with E-state index in [1.165, 1.54) is 6.20 Å². The van der Waals surface area contributed by atoms with E-state index >= 15 is 0 Å². The van der Waals surface area contributed by atoms with E-state index in [1.807, 2.05) is 12.1 Å². The van der Waals surface area contributed by atoms with Crippen LogP contribution in [0.15, 0.2) is 48.7 Å². The summed E-state index contributed by atoms with van der Waals surface area (Å²) in [4.78, 5) is 16.4. The van der Waals surface area contributed by atoms with Crippen LogP contribution in [-0.2, 0) is 6.54 Å². The summed E-state index contributed by atoms with van der Waals surface area (Å²) in [6.07, 6.45) is 1.35. The topological polar surface area (TPSA) is 62.2 Å². The van der Waals surface area contributed by atoms with Crippen molar-refractivity contribution in [1.82, 2.24) is 10.3 Å². The van der Waals surface area contributed by atoms with E-state index < -0.39 is 5.91 Å². The highest BCUT2D eigenvalue weighted by Crippen LogP contribution is 2.29. The van der Waals surface area contributed by atoms with Gasteiger partial charge in [0.05, 0.1) is 5.52 Å². The lowest BCUT2D eigenvalue weighted by molar-refractivity contribution is 0.0948. The van der Waals surface area contributed by atoms with Crippen LogP contribution >= 0.6 is 23.2 Å². The van der Waals surface area contributed by atoms with Crippen LogP contribution in [0, 0.1) is 0 Å². The minimum absolute atomic E-state index is 0.105. The highest BCUT2D eigenvalue weighted by atomic mass is 35.5. The average molecular weight is 347 g/mol. The van der Waals surface area contributed by atoms with Crippen LogP contribution in [0.4, 0.5) is 0 Å². The highest BCUT2D eigenvalue weighted by Gasteiger charge is 2.15. The van der Waals surface area contributed by atoms with Crippen molar-refractivity contribution >= 4 is 40.0 Å². The van der Waals surface area contributed by atoms with Gasteiger partial charge in [0.2, 0.25) is 0 Å². The van der Waals surface area contributed by atoms with Crippen molar-refractivity contribution in [2.45, 2.75) is 6.54 Å². The van der Waals surface area contributed by atoms with E-state index in [0.717, 1.165) is 5.56 Å². The van der Waals surface area contributed by atoms with Crippen LogP contribution in [0.2, 0.25) is 10.0 Å². The number of carbonyl (C=O) groups is 1. The van der Waals surface area contributed by atoms with Crippen molar-refractivity contribution in [2.75, 3.05) is 0 Å². The van der Waals surface area contributed by atoms with Crippen molar-refractivity contribution in [3.63, 3.8) is 0 Å². The Kier molecular flexibility index (Phi) is 4.37. The summed E-state index contributed by atoms with van der Waals surface area (Å²) in [5.74, 6) is -0.544. The third kappa shape index (κ3) is 3.38. The number of hydrogen-bond acceptors (Lipinski definition) is 3. The number of aromatic nitrogens is 1. The summed E-state index contributed by atoms with van der Waals surface area (Å²) in [6.45, 7) is 0.322. The second-order valence-electron chi connectivity index (χ2n) is 4.99. The van der Waals surface area contributed by atoms with Crippen molar-refractivity contribution < 1.29 is 9.90 Å². The van der Waals surface area contributed by atoms with Crippen LogP contribution < -0.4 is 5.32 Å². The molecule has 0 unspecified atom stereocenters. The number of benzene rings is 2. The van der Waals surface area contributed by atoms with Crippen LogP contribution in [0.25, 0.3) is 10.9 Å². The minimum atomic E-state index is -0.410. The van der Waals surface area contributed by atoms with Crippen molar-refractivity contribution in [3.8, 4) is 5.75 Å². The van der Waals surface area contributed by atoms with Gasteiger partial charge in [-0.15, -0.1) is 0 Å². The molecule has 2 aromatic carbocycles. The lowest BCUT2D eigenvalue weighted by Crippen LogP contribution is -2.23. The summed E-state index contributed by atoms with van der Waals surface area (Å²) in [7, 11) is 0. The van der Waals surface area contributed by atoms with E-state index in [0.29, 0.717) is 27.5 Å². The Bertz CT molecular complexity index is 880. The first-order valence-corrected chi connectivity index (χ1v) is 7.60. The fourth-order valence-corrected chi connectivity index (χ4v) is 2.49. The van der Waals surface area contributed by atoms with Gasteiger partial charge in [0.25, 0.3) is 5.91 Å². The molecule has 3 aromatic rings. The molecule has 116 valence electrons. The Balaban J connectivity index is 1.83. The van der Waals surface area contributed by atoms with Gasteiger partial charge in [0, 0.05) is 28.2 Å². The minimum Gasteiger partial charge on any atom is -0.506 e. The summed E-state index contributed by atoms with van der Waals surface area (Å²) in [5.41, 5.74) is 1.58. The van der Waals surface area contributed by atoms with Crippen LogP contribution in [0.5, 0.6) is 5.75 Å². The molecule has 4 nitrogen and oxygen atoms in total. The molecule has 1 aromatic heterocycles. The van der Waals surface area contributed by atoms with E-state index in [1.54, 1.807) is 30.3 Å². The van der Waals surface area contributed by atoms with Crippen LogP contribution in [0.3, 0.4) is 0 Å². The second kappa shape index (κ2) is 6.44. The largest absolute Gasteiger partial charge is 0.506 e. The van der Waals surface area contributed by atoms with E-state index in [9.17, 15) is 9.90 Å². The smallest absolute Gasteiger partial charge is 0.256 e. The lowest BCUT2D eigenvalue weighted by Gasteiger charge is -2.09. The first-order valence-electron chi connectivity index (χ1n) is 6.84. The molecule has 1 amide bonds. The fourth-order valence-electron chi connectivity index (χ4n) is 2.20. The maximum atomic E-state index is 12.3. The molecular weight excluding hydrogens is 335 g/mol. The van der Waals surface area contributed by atoms with Crippen molar-refractivity contribution in [2.24, 2.45) is 0 Å². The number of rotatable bonds is 3. The SMILES string of the molecule is O=C(NCc1ccc(Cl)cc1)c1cnc2ccc(Cl)cc2c1O. The number of hydrogen-bond donors (Lipinski definition) is 2. The molecule has 0 radical (unpaired) electrons. The zero-order chi connectivity index (χ0) is 16.4. The Labute approximate surface area is 142 Å². The Morgan fingerprint density at radius 2 is 1.78 bits per heavy atom. The third-order valence-corrected chi connectivity index (χ3v) is 3.90. The summed E-state index contributed by atoms with van der Waals surface area (Å²) in [5, 5.41) is 14.6. The zero-order valence-corrected chi connectivity index (χ0v) is 13.4. The monoisotopic (exact) mass is 346 g/mol. The van der Waals surface area contributed by atoms with Gasteiger partial charge in [0.1, 0.15) is 11.3 Å². The van der Waals surface area contributed by atoms with E-state index in [-0.39, 0.29) is 11.3 Å². The van der Waals surface area contributed by atoms with Gasteiger partial charge in [-0.3, -0.25) is 9.78 Å². The highest BCUT2D eigenvalue weighted by molar-refractivity contribution is 6.31. The fraction of sp³-hybridized carbons (Fsp3) is 0.0588. The number of halogens is 2. The predicted molar refractivity (Wildman–Crippen MR) is 91.0 cm³/mol. The number of amides is 1. The Hall–Kier alpha value is -2.30. The van der Waals surface area contributed by atoms with Gasteiger partial charge in [-0.2, -0.15) is 0 Å². The molecular formula is C17H12Cl2N2O2. The maximum Gasteiger partial charge on any atom is 0.256 e. The first-order chi connectivity index (χ1) is 11.0. The zero-order valence-electron chi connectivity index (χ0n) is 11.9. The number of aromatic hydroxyl groups is 1. The Morgan fingerprint density at radius 1 is 1.09 bits per heavy atom.